The van der Waals surface area contributed by atoms with Gasteiger partial charge in [0.15, 0.2) is 11.6 Å². The third-order valence-corrected chi connectivity index (χ3v) is 3.03. The zero-order valence-corrected chi connectivity index (χ0v) is 9.34. The Hall–Kier alpha value is -1.82. The molecule has 0 spiro atoms. The maximum atomic E-state index is 13.5. The molecule has 17 heavy (non-hydrogen) atoms. The van der Waals surface area contributed by atoms with Crippen molar-refractivity contribution in [2.24, 2.45) is 0 Å². The number of hydrogen-bond donors (Lipinski definition) is 0. The summed E-state index contributed by atoms with van der Waals surface area (Å²) < 4.78 is 31.0. The Kier molecular flexibility index (Phi) is 3.43. The van der Waals surface area contributed by atoms with Crippen LogP contribution in [0.25, 0.3) is 10.6 Å². The maximum absolute atomic E-state index is 13.5. The van der Waals surface area contributed by atoms with Crippen molar-refractivity contribution in [1.29, 1.82) is 0 Å². The quantitative estimate of drug-likeness (QED) is 0.788. The average molecular weight is 255 g/mol. The van der Waals surface area contributed by atoms with Crippen molar-refractivity contribution in [3.05, 3.63) is 40.9 Å². The largest absolute Gasteiger partial charge is 0.462 e. The summed E-state index contributed by atoms with van der Waals surface area (Å²) in [5, 5.41) is 0.353. The van der Waals surface area contributed by atoms with Gasteiger partial charge in [0, 0.05) is 11.8 Å². The van der Waals surface area contributed by atoms with Crippen LogP contribution in [0.2, 0.25) is 0 Å². The van der Waals surface area contributed by atoms with Crippen LogP contribution in [0.5, 0.6) is 0 Å². The summed E-state index contributed by atoms with van der Waals surface area (Å²) >= 11 is 1.15. The molecule has 2 aromatic rings. The smallest absolute Gasteiger partial charge is 0.293 e. The van der Waals surface area contributed by atoms with Gasteiger partial charge in [-0.25, -0.2) is 13.8 Å². The lowest BCUT2D eigenvalue weighted by atomic mass is 10.2. The third kappa shape index (κ3) is 2.47. The lowest BCUT2D eigenvalue weighted by molar-refractivity contribution is -0.129. The number of halogens is 2. The van der Waals surface area contributed by atoms with Crippen LogP contribution in [0, 0.1) is 11.6 Å². The molecular formula is C11H7F2NO2S. The fourth-order valence-corrected chi connectivity index (χ4v) is 2.14. The van der Waals surface area contributed by atoms with Crippen molar-refractivity contribution >= 4 is 17.8 Å². The minimum absolute atomic E-state index is 0.0814. The van der Waals surface area contributed by atoms with Crippen LogP contribution >= 0.6 is 11.3 Å². The highest BCUT2D eigenvalue weighted by Crippen LogP contribution is 2.28. The highest BCUT2D eigenvalue weighted by Gasteiger charge is 2.13. The van der Waals surface area contributed by atoms with Gasteiger partial charge in [-0.1, -0.05) is 6.07 Å². The summed E-state index contributed by atoms with van der Waals surface area (Å²) in [5.41, 5.74) is 0.104. The molecular weight excluding hydrogens is 248 g/mol. The molecule has 1 heterocycles. The van der Waals surface area contributed by atoms with E-state index in [9.17, 15) is 13.6 Å². The number of nitrogens with zero attached hydrogens (tertiary/aromatic N) is 1. The SMILES string of the molecule is O=COCc1cnc(-c2cccc(F)c2F)s1. The van der Waals surface area contributed by atoms with E-state index >= 15 is 0 Å². The van der Waals surface area contributed by atoms with Gasteiger partial charge in [0.05, 0.1) is 4.88 Å². The van der Waals surface area contributed by atoms with Gasteiger partial charge in [0.25, 0.3) is 6.47 Å². The molecule has 2 rings (SSSR count). The van der Waals surface area contributed by atoms with E-state index in [1.807, 2.05) is 0 Å². The summed E-state index contributed by atoms with van der Waals surface area (Å²) in [7, 11) is 0. The summed E-state index contributed by atoms with van der Waals surface area (Å²) in [5.74, 6) is -1.84. The highest BCUT2D eigenvalue weighted by atomic mass is 32.1. The number of rotatable bonds is 4. The Bertz CT molecular complexity index is 542. The number of hydrogen-bond acceptors (Lipinski definition) is 4. The fourth-order valence-electron chi connectivity index (χ4n) is 1.28. The first-order valence-corrected chi connectivity index (χ1v) is 5.48. The normalized spacial score (nSPS) is 10.2. The van der Waals surface area contributed by atoms with Crippen molar-refractivity contribution in [2.75, 3.05) is 0 Å². The molecule has 0 aliphatic rings. The average Bonchev–Trinajstić information content (AvgIpc) is 2.78. The molecule has 0 fully saturated rings. The topological polar surface area (TPSA) is 39.2 Å². The van der Waals surface area contributed by atoms with E-state index in [-0.39, 0.29) is 12.2 Å². The lowest BCUT2D eigenvalue weighted by Gasteiger charge is -1.99. The number of benzene rings is 1. The van der Waals surface area contributed by atoms with E-state index < -0.39 is 11.6 Å². The van der Waals surface area contributed by atoms with E-state index in [1.165, 1.54) is 18.3 Å². The van der Waals surface area contributed by atoms with Gasteiger partial charge in [0.1, 0.15) is 11.6 Å². The van der Waals surface area contributed by atoms with Gasteiger partial charge in [-0.05, 0) is 12.1 Å². The van der Waals surface area contributed by atoms with Crippen LogP contribution < -0.4 is 0 Å². The predicted molar refractivity (Wildman–Crippen MR) is 58.3 cm³/mol. The zero-order chi connectivity index (χ0) is 12.3. The molecule has 88 valence electrons. The molecule has 0 radical (unpaired) electrons. The number of carbonyl (C=O) groups excluding carboxylic acids is 1. The zero-order valence-electron chi connectivity index (χ0n) is 8.52. The van der Waals surface area contributed by atoms with Crippen molar-refractivity contribution in [1.82, 2.24) is 4.98 Å². The second kappa shape index (κ2) is 5.01. The first-order chi connectivity index (χ1) is 8.22. The molecule has 0 atom stereocenters. The van der Waals surface area contributed by atoms with Gasteiger partial charge >= 0.3 is 0 Å². The second-order valence-electron chi connectivity index (χ2n) is 3.14. The fraction of sp³-hybridized carbons (Fsp3) is 0.0909. The first kappa shape index (κ1) is 11.7. The predicted octanol–water partition coefficient (Wildman–Crippen LogP) is 2.76. The van der Waals surface area contributed by atoms with Gasteiger partial charge in [0.2, 0.25) is 0 Å². The van der Waals surface area contributed by atoms with E-state index in [4.69, 9.17) is 0 Å². The summed E-state index contributed by atoms with van der Waals surface area (Å²) in [4.78, 5) is 14.6. The number of thiazole rings is 1. The van der Waals surface area contributed by atoms with E-state index in [0.717, 1.165) is 17.4 Å². The molecule has 0 aliphatic heterocycles. The minimum atomic E-state index is -0.926. The van der Waals surface area contributed by atoms with E-state index in [2.05, 4.69) is 9.72 Å². The van der Waals surface area contributed by atoms with Gasteiger partial charge in [-0.2, -0.15) is 0 Å². The molecule has 3 nitrogen and oxygen atoms in total. The molecule has 1 aromatic carbocycles. The Morgan fingerprint density at radius 2 is 2.24 bits per heavy atom. The standard InChI is InChI=1S/C11H7F2NO2S/c12-9-3-1-2-8(10(9)13)11-14-4-7(17-11)5-16-6-15/h1-4,6H,5H2. The number of aromatic nitrogens is 1. The molecule has 0 aliphatic carbocycles. The summed E-state index contributed by atoms with van der Waals surface area (Å²) in [6.07, 6.45) is 1.47. The van der Waals surface area contributed by atoms with E-state index in [1.54, 1.807) is 0 Å². The summed E-state index contributed by atoms with van der Waals surface area (Å²) in [6, 6.07) is 3.90. The van der Waals surface area contributed by atoms with Gasteiger partial charge < -0.3 is 4.74 Å². The van der Waals surface area contributed by atoms with Crippen molar-refractivity contribution in [3.63, 3.8) is 0 Å². The van der Waals surface area contributed by atoms with Crippen LogP contribution in [-0.4, -0.2) is 11.5 Å². The van der Waals surface area contributed by atoms with Crippen LogP contribution in [0.4, 0.5) is 8.78 Å². The molecule has 0 unspecified atom stereocenters. The Morgan fingerprint density at radius 3 is 3.00 bits per heavy atom. The number of carbonyl (C=O) groups is 1. The molecule has 0 amide bonds. The molecule has 0 saturated heterocycles. The van der Waals surface area contributed by atoms with Gasteiger partial charge in [-0.3, -0.25) is 4.79 Å². The van der Waals surface area contributed by atoms with Crippen molar-refractivity contribution in [2.45, 2.75) is 6.61 Å². The minimum Gasteiger partial charge on any atom is -0.462 e. The molecule has 0 bridgehead atoms. The first-order valence-electron chi connectivity index (χ1n) is 4.66. The van der Waals surface area contributed by atoms with Crippen LogP contribution in [0.3, 0.4) is 0 Å². The Morgan fingerprint density at radius 1 is 1.41 bits per heavy atom. The third-order valence-electron chi connectivity index (χ3n) is 2.03. The van der Waals surface area contributed by atoms with E-state index in [0.29, 0.717) is 16.4 Å². The number of ether oxygens (including phenoxy) is 1. The van der Waals surface area contributed by atoms with Crippen LogP contribution in [0.15, 0.2) is 24.4 Å². The maximum Gasteiger partial charge on any atom is 0.293 e. The highest BCUT2D eigenvalue weighted by molar-refractivity contribution is 7.15. The molecule has 0 saturated carbocycles. The summed E-state index contributed by atoms with van der Waals surface area (Å²) in [6.45, 7) is 0.403. The molecule has 6 heteroatoms. The Labute approximate surface area is 99.7 Å². The monoisotopic (exact) mass is 255 g/mol. The van der Waals surface area contributed by atoms with Crippen molar-refractivity contribution in [3.8, 4) is 10.6 Å². The van der Waals surface area contributed by atoms with Crippen LogP contribution in [0.1, 0.15) is 4.88 Å². The van der Waals surface area contributed by atoms with Gasteiger partial charge in [-0.15, -0.1) is 11.3 Å². The van der Waals surface area contributed by atoms with Crippen LogP contribution in [-0.2, 0) is 16.1 Å². The lowest BCUT2D eigenvalue weighted by Crippen LogP contribution is -1.87. The Balaban J connectivity index is 2.30. The second-order valence-corrected chi connectivity index (χ2v) is 4.26. The van der Waals surface area contributed by atoms with Crippen molar-refractivity contribution < 1.29 is 18.3 Å². The molecule has 0 N–H and O–H groups in total. The molecule has 1 aromatic heterocycles.